The SMILES string of the molecule is C=CCOc1cccc(NC(=O)C(C)N)c1.Cl. The summed E-state index contributed by atoms with van der Waals surface area (Å²) in [7, 11) is 0. The Morgan fingerprint density at radius 1 is 1.65 bits per heavy atom. The van der Waals surface area contributed by atoms with E-state index in [0.29, 0.717) is 18.0 Å². The minimum absolute atomic E-state index is 0. The Labute approximate surface area is 107 Å². The molecule has 1 rings (SSSR count). The minimum atomic E-state index is -0.530. The molecule has 0 heterocycles. The quantitative estimate of drug-likeness (QED) is 0.792. The van der Waals surface area contributed by atoms with Crippen LogP contribution in [0, 0.1) is 0 Å². The van der Waals surface area contributed by atoms with Crippen LogP contribution in [-0.2, 0) is 4.79 Å². The van der Waals surface area contributed by atoms with Crippen LogP contribution in [0.4, 0.5) is 5.69 Å². The summed E-state index contributed by atoms with van der Waals surface area (Å²) in [6.07, 6.45) is 1.66. The first-order valence-electron chi connectivity index (χ1n) is 5.03. The molecule has 3 N–H and O–H groups in total. The Morgan fingerprint density at radius 2 is 2.35 bits per heavy atom. The van der Waals surface area contributed by atoms with Crippen LogP contribution in [0.15, 0.2) is 36.9 Å². The number of rotatable bonds is 5. The van der Waals surface area contributed by atoms with Crippen molar-refractivity contribution in [3.05, 3.63) is 36.9 Å². The van der Waals surface area contributed by atoms with Crippen LogP contribution in [0.25, 0.3) is 0 Å². The smallest absolute Gasteiger partial charge is 0.241 e. The Hall–Kier alpha value is -1.52. The zero-order chi connectivity index (χ0) is 12.0. The average molecular weight is 257 g/mol. The van der Waals surface area contributed by atoms with Gasteiger partial charge in [0, 0.05) is 11.8 Å². The average Bonchev–Trinajstić information content (AvgIpc) is 2.26. The molecule has 0 aliphatic rings. The summed E-state index contributed by atoms with van der Waals surface area (Å²) in [5.74, 6) is 0.461. The van der Waals surface area contributed by atoms with E-state index in [1.54, 1.807) is 31.2 Å². The van der Waals surface area contributed by atoms with E-state index in [-0.39, 0.29) is 18.3 Å². The van der Waals surface area contributed by atoms with Crippen LogP contribution in [0.2, 0.25) is 0 Å². The first kappa shape index (κ1) is 15.5. The van der Waals surface area contributed by atoms with Gasteiger partial charge < -0.3 is 15.8 Å². The lowest BCUT2D eigenvalue weighted by molar-refractivity contribution is -0.117. The van der Waals surface area contributed by atoms with Gasteiger partial charge in [0.1, 0.15) is 12.4 Å². The van der Waals surface area contributed by atoms with Crippen molar-refractivity contribution in [3.63, 3.8) is 0 Å². The summed E-state index contributed by atoms with van der Waals surface area (Å²) in [6.45, 7) is 5.63. The number of benzene rings is 1. The van der Waals surface area contributed by atoms with Crippen LogP contribution in [0.3, 0.4) is 0 Å². The highest BCUT2D eigenvalue weighted by Crippen LogP contribution is 2.17. The number of hydrogen-bond acceptors (Lipinski definition) is 3. The maximum absolute atomic E-state index is 11.3. The van der Waals surface area contributed by atoms with Crippen molar-refractivity contribution in [1.82, 2.24) is 0 Å². The summed E-state index contributed by atoms with van der Waals surface area (Å²) < 4.78 is 5.34. The summed E-state index contributed by atoms with van der Waals surface area (Å²) >= 11 is 0. The number of hydrogen-bond donors (Lipinski definition) is 2. The third-order valence-corrected chi connectivity index (χ3v) is 1.88. The number of anilines is 1. The number of halogens is 1. The van der Waals surface area contributed by atoms with Gasteiger partial charge in [0.25, 0.3) is 0 Å². The maximum atomic E-state index is 11.3. The first-order valence-corrected chi connectivity index (χ1v) is 5.03. The van der Waals surface area contributed by atoms with Gasteiger partial charge in [0.05, 0.1) is 6.04 Å². The monoisotopic (exact) mass is 256 g/mol. The van der Waals surface area contributed by atoms with Crippen LogP contribution in [-0.4, -0.2) is 18.6 Å². The minimum Gasteiger partial charge on any atom is -0.489 e. The molecule has 1 aromatic carbocycles. The zero-order valence-corrected chi connectivity index (χ0v) is 10.5. The molecule has 0 saturated heterocycles. The normalized spacial score (nSPS) is 10.9. The van der Waals surface area contributed by atoms with E-state index in [2.05, 4.69) is 11.9 Å². The Kier molecular flexibility index (Phi) is 7.02. The molecule has 17 heavy (non-hydrogen) atoms. The molecular formula is C12H17ClN2O2. The Balaban J connectivity index is 0.00000256. The Bertz CT molecular complexity index is 381. The largest absolute Gasteiger partial charge is 0.489 e. The van der Waals surface area contributed by atoms with Gasteiger partial charge in [-0.15, -0.1) is 12.4 Å². The van der Waals surface area contributed by atoms with Gasteiger partial charge in [-0.2, -0.15) is 0 Å². The molecule has 1 aromatic rings. The fraction of sp³-hybridized carbons (Fsp3) is 0.250. The predicted octanol–water partition coefficient (Wildman–Crippen LogP) is 1.96. The maximum Gasteiger partial charge on any atom is 0.241 e. The second kappa shape index (κ2) is 7.70. The summed E-state index contributed by atoms with van der Waals surface area (Å²) in [6, 6.07) is 6.60. The van der Waals surface area contributed by atoms with E-state index < -0.39 is 6.04 Å². The highest BCUT2D eigenvalue weighted by atomic mass is 35.5. The Morgan fingerprint density at radius 3 is 2.94 bits per heavy atom. The third kappa shape index (κ3) is 5.38. The molecular weight excluding hydrogens is 240 g/mol. The summed E-state index contributed by atoms with van der Waals surface area (Å²) in [5.41, 5.74) is 6.12. The second-order valence-corrected chi connectivity index (χ2v) is 3.41. The van der Waals surface area contributed by atoms with Crippen molar-refractivity contribution >= 4 is 24.0 Å². The van der Waals surface area contributed by atoms with E-state index in [1.165, 1.54) is 0 Å². The van der Waals surface area contributed by atoms with Gasteiger partial charge in [0.15, 0.2) is 0 Å². The lowest BCUT2D eigenvalue weighted by atomic mass is 10.2. The molecule has 0 saturated carbocycles. The molecule has 4 nitrogen and oxygen atoms in total. The van der Waals surface area contributed by atoms with Crippen LogP contribution in [0.1, 0.15) is 6.92 Å². The van der Waals surface area contributed by atoms with Gasteiger partial charge in [-0.3, -0.25) is 4.79 Å². The van der Waals surface area contributed by atoms with Crippen molar-refractivity contribution in [2.24, 2.45) is 5.73 Å². The van der Waals surface area contributed by atoms with Gasteiger partial charge in [0.2, 0.25) is 5.91 Å². The first-order chi connectivity index (χ1) is 7.63. The lowest BCUT2D eigenvalue weighted by Gasteiger charge is -2.09. The summed E-state index contributed by atoms with van der Waals surface area (Å²) in [4.78, 5) is 11.3. The highest BCUT2D eigenvalue weighted by Gasteiger charge is 2.07. The molecule has 0 aliphatic carbocycles. The molecule has 0 spiro atoms. The molecule has 0 aromatic heterocycles. The topological polar surface area (TPSA) is 64.3 Å². The number of carbonyl (C=O) groups is 1. The van der Waals surface area contributed by atoms with E-state index in [4.69, 9.17) is 10.5 Å². The summed E-state index contributed by atoms with van der Waals surface area (Å²) in [5, 5.41) is 2.69. The van der Waals surface area contributed by atoms with E-state index in [9.17, 15) is 4.79 Å². The van der Waals surface area contributed by atoms with Crippen molar-refractivity contribution in [1.29, 1.82) is 0 Å². The van der Waals surface area contributed by atoms with Gasteiger partial charge in [-0.1, -0.05) is 18.7 Å². The van der Waals surface area contributed by atoms with Crippen molar-refractivity contribution in [3.8, 4) is 5.75 Å². The predicted molar refractivity (Wildman–Crippen MR) is 71.7 cm³/mol. The van der Waals surface area contributed by atoms with Crippen LogP contribution >= 0.6 is 12.4 Å². The van der Waals surface area contributed by atoms with E-state index in [1.807, 2.05) is 6.07 Å². The van der Waals surface area contributed by atoms with Crippen molar-refractivity contribution < 1.29 is 9.53 Å². The second-order valence-electron chi connectivity index (χ2n) is 3.41. The van der Waals surface area contributed by atoms with E-state index >= 15 is 0 Å². The van der Waals surface area contributed by atoms with Crippen LogP contribution < -0.4 is 15.8 Å². The molecule has 0 bridgehead atoms. The number of carbonyl (C=O) groups excluding carboxylic acids is 1. The molecule has 5 heteroatoms. The number of nitrogens with one attached hydrogen (secondary N) is 1. The molecule has 1 amide bonds. The molecule has 0 radical (unpaired) electrons. The van der Waals surface area contributed by atoms with Crippen molar-refractivity contribution in [2.45, 2.75) is 13.0 Å². The lowest BCUT2D eigenvalue weighted by Crippen LogP contribution is -2.32. The zero-order valence-electron chi connectivity index (χ0n) is 9.68. The number of nitrogens with two attached hydrogens (primary N) is 1. The van der Waals surface area contributed by atoms with Gasteiger partial charge >= 0.3 is 0 Å². The number of ether oxygens (including phenoxy) is 1. The third-order valence-electron chi connectivity index (χ3n) is 1.88. The van der Waals surface area contributed by atoms with Gasteiger partial charge in [-0.05, 0) is 19.1 Å². The fourth-order valence-corrected chi connectivity index (χ4v) is 1.07. The van der Waals surface area contributed by atoms with E-state index in [0.717, 1.165) is 0 Å². The molecule has 0 aliphatic heterocycles. The van der Waals surface area contributed by atoms with Crippen molar-refractivity contribution in [2.75, 3.05) is 11.9 Å². The number of amides is 1. The molecule has 94 valence electrons. The van der Waals surface area contributed by atoms with Gasteiger partial charge in [-0.25, -0.2) is 0 Å². The standard InChI is InChI=1S/C12H16N2O2.ClH/c1-3-7-16-11-6-4-5-10(8-11)14-12(15)9(2)13;/h3-6,8-9H,1,7,13H2,2H3,(H,14,15);1H. The molecule has 1 atom stereocenters. The van der Waals surface area contributed by atoms with Crippen LogP contribution in [0.5, 0.6) is 5.75 Å². The fourth-order valence-electron chi connectivity index (χ4n) is 1.07. The molecule has 0 fully saturated rings. The molecule has 1 unspecified atom stereocenters. The highest BCUT2D eigenvalue weighted by molar-refractivity contribution is 5.94.